The molecular formula is C9H8FNO2. The summed E-state index contributed by atoms with van der Waals surface area (Å²) in [5.74, 6) is -1.75. The molecule has 1 amide bonds. The van der Waals surface area contributed by atoms with Gasteiger partial charge in [-0.25, -0.2) is 4.39 Å². The number of hydrogen-bond acceptors (Lipinski definition) is 2. The molecule has 0 aliphatic carbocycles. The first-order valence-corrected chi connectivity index (χ1v) is 3.55. The molecule has 0 aromatic heterocycles. The van der Waals surface area contributed by atoms with E-state index in [-0.39, 0.29) is 0 Å². The number of aromatic hydroxyl groups is 1. The van der Waals surface area contributed by atoms with E-state index in [0.29, 0.717) is 5.56 Å². The number of halogens is 1. The van der Waals surface area contributed by atoms with Gasteiger partial charge >= 0.3 is 0 Å². The molecule has 3 nitrogen and oxygen atoms in total. The quantitative estimate of drug-likeness (QED) is 0.669. The number of carbonyl (C=O) groups excluding carboxylic acids is 1. The molecule has 13 heavy (non-hydrogen) atoms. The lowest BCUT2D eigenvalue weighted by Crippen LogP contribution is -2.05. The van der Waals surface area contributed by atoms with Crippen molar-refractivity contribution in [1.29, 1.82) is 0 Å². The van der Waals surface area contributed by atoms with Gasteiger partial charge < -0.3 is 10.8 Å². The molecule has 1 aromatic carbocycles. The van der Waals surface area contributed by atoms with Crippen LogP contribution in [0.4, 0.5) is 4.39 Å². The van der Waals surface area contributed by atoms with Crippen LogP contribution >= 0.6 is 0 Å². The van der Waals surface area contributed by atoms with Crippen LogP contribution in [0, 0.1) is 5.82 Å². The van der Waals surface area contributed by atoms with Gasteiger partial charge in [0.2, 0.25) is 5.91 Å². The van der Waals surface area contributed by atoms with Gasteiger partial charge in [-0.05, 0) is 23.8 Å². The number of nitrogens with two attached hydrogens (primary N) is 1. The number of hydrogen-bond donors (Lipinski definition) is 2. The zero-order valence-electron chi connectivity index (χ0n) is 6.70. The van der Waals surface area contributed by atoms with Crippen LogP contribution in [-0.2, 0) is 4.79 Å². The van der Waals surface area contributed by atoms with Crippen LogP contribution in [0.15, 0.2) is 24.3 Å². The molecule has 0 saturated heterocycles. The van der Waals surface area contributed by atoms with Gasteiger partial charge in [-0.1, -0.05) is 6.07 Å². The first kappa shape index (κ1) is 9.25. The predicted octanol–water partition coefficient (Wildman–Crippen LogP) is 1.03. The molecule has 0 saturated carbocycles. The Bertz CT molecular complexity index is 361. The predicted molar refractivity (Wildman–Crippen MR) is 46.3 cm³/mol. The molecule has 68 valence electrons. The van der Waals surface area contributed by atoms with E-state index in [1.54, 1.807) is 0 Å². The van der Waals surface area contributed by atoms with Crippen molar-refractivity contribution >= 4 is 12.0 Å². The highest BCUT2D eigenvalue weighted by Gasteiger charge is 1.98. The topological polar surface area (TPSA) is 63.3 Å². The first-order valence-electron chi connectivity index (χ1n) is 3.55. The van der Waals surface area contributed by atoms with Crippen LogP contribution in [0.25, 0.3) is 6.08 Å². The lowest BCUT2D eigenvalue weighted by atomic mass is 10.2. The van der Waals surface area contributed by atoms with E-state index in [0.717, 1.165) is 12.1 Å². The number of phenolic OH excluding ortho intramolecular Hbond substituents is 1. The molecule has 1 rings (SSSR count). The van der Waals surface area contributed by atoms with Crippen molar-refractivity contribution in [3.63, 3.8) is 0 Å². The molecule has 0 atom stereocenters. The van der Waals surface area contributed by atoms with Crippen molar-refractivity contribution in [2.24, 2.45) is 5.73 Å². The zero-order chi connectivity index (χ0) is 9.84. The van der Waals surface area contributed by atoms with Gasteiger partial charge in [-0.2, -0.15) is 0 Å². The van der Waals surface area contributed by atoms with Crippen LogP contribution in [0.3, 0.4) is 0 Å². The Labute approximate surface area is 74.3 Å². The fraction of sp³-hybridized carbons (Fsp3) is 0. The Balaban J connectivity index is 2.92. The summed E-state index contributed by atoms with van der Waals surface area (Å²) in [4.78, 5) is 10.3. The van der Waals surface area contributed by atoms with Gasteiger partial charge in [0.25, 0.3) is 0 Å². The van der Waals surface area contributed by atoms with Crippen LogP contribution in [0.1, 0.15) is 5.56 Å². The van der Waals surface area contributed by atoms with Gasteiger partial charge in [-0.15, -0.1) is 0 Å². The lowest BCUT2D eigenvalue weighted by Gasteiger charge is -1.95. The summed E-state index contributed by atoms with van der Waals surface area (Å²) >= 11 is 0. The zero-order valence-corrected chi connectivity index (χ0v) is 6.70. The van der Waals surface area contributed by atoms with E-state index in [1.165, 1.54) is 18.2 Å². The van der Waals surface area contributed by atoms with Gasteiger partial charge in [0.05, 0.1) is 0 Å². The Morgan fingerprint density at radius 1 is 1.54 bits per heavy atom. The normalized spacial score (nSPS) is 10.5. The number of primary amides is 1. The molecule has 1 aromatic rings. The maximum absolute atomic E-state index is 12.7. The van der Waals surface area contributed by atoms with E-state index in [9.17, 15) is 9.18 Å². The van der Waals surface area contributed by atoms with Crippen molar-refractivity contribution in [3.05, 3.63) is 35.7 Å². The highest BCUT2D eigenvalue weighted by molar-refractivity contribution is 5.90. The maximum Gasteiger partial charge on any atom is 0.241 e. The standard InChI is InChI=1S/C9H8FNO2/c10-7-5-6(1-3-8(7)12)2-4-9(11)13/h1-5,12H,(H2,11,13)/b4-2-. The van der Waals surface area contributed by atoms with E-state index < -0.39 is 17.5 Å². The summed E-state index contributed by atoms with van der Waals surface area (Å²) < 4.78 is 12.7. The van der Waals surface area contributed by atoms with E-state index in [1.807, 2.05) is 0 Å². The second kappa shape index (κ2) is 3.71. The average Bonchev–Trinajstić information content (AvgIpc) is 2.07. The molecule has 0 fully saturated rings. The summed E-state index contributed by atoms with van der Waals surface area (Å²) in [5, 5.41) is 8.83. The molecule has 0 radical (unpaired) electrons. The fourth-order valence-corrected chi connectivity index (χ4v) is 0.805. The maximum atomic E-state index is 12.7. The minimum Gasteiger partial charge on any atom is -0.505 e. The number of phenols is 1. The molecule has 4 heteroatoms. The first-order chi connectivity index (χ1) is 6.09. The Morgan fingerprint density at radius 3 is 2.77 bits per heavy atom. The summed E-state index contributed by atoms with van der Waals surface area (Å²) in [5.41, 5.74) is 5.31. The van der Waals surface area contributed by atoms with Gasteiger partial charge in [0.1, 0.15) is 0 Å². The molecule has 0 spiro atoms. The second-order valence-corrected chi connectivity index (χ2v) is 2.45. The Kier molecular flexibility index (Phi) is 2.64. The van der Waals surface area contributed by atoms with E-state index >= 15 is 0 Å². The van der Waals surface area contributed by atoms with Crippen LogP contribution in [0.2, 0.25) is 0 Å². The van der Waals surface area contributed by atoms with Crippen molar-refractivity contribution in [2.45, 2.75) is 0 Å². The van der Waals surface area contributed by atoms with Gasteiger partial charge in [0.15, 0.2) is 11.6 Å². The molecule has 0 aliphatic rings. The van der Waals surface area contributed by atoms with Gasteiger partial charge in [-0.3, -0.25) is 4.79 Å². The van der Waals surface area contributed by atoms with Crippen LogP contribution in [-0.4, -0.2) is 11.0 Å². The van der Waals surface area contributed by atoms with Crippen molar-refractivity contribution < 1.29 is 14.3 Å². The lowest BCUT2D eigenvalue weighted by molar-refractivity contribution is -0.113. The summed E-state index contributed by atoms with van der Waals surface area (Å²) in [6, 6.07) is 3.78. The van der Waals surface area contributed by atoms with Crippen molar-refractivity contribution in [1.82, 2.24) is 0 Å². The molecule has 0 unspecified atom stereocenters. The Morgan fingerprint density at radius 2 is 2.23 bits per heavy atom. The van der Waals surface area contributed by atoms with Crippen molar-refractivity contribution in [2.75, 3.05) is 0 Å². The third-order valence-electron chi connectivity index (χ3n) is 1.41. The molecule has 0 aliphatic heterocycles. The minimum atomic E-state index is -0.730. The molecule has 0 heterocycles. The smallest absolute Gasteiger partial charge is 0.241 e. The minimum absolute atomic E-state index is 0.420. The number of benzene rings is 1. The third-order valence-corrected chi connectivity index (χ3v) is 1.41. The molecule has 3 N–H and O–H groups in total. The average molecular weight is 181 g/mol. The van der Waals surface area contributed by atoms with Crippen LogP contribution in [0.5, 0.6) is 5.75 Å². The third kappa shape index (κ3) is 2.59. The molecular weight excluding hydrogens is 173 g/mol. The fourth-order valence-electron chi connectivity index (χ4n) is 0.805. The highest BCUT2D eigenvalue weighted by Crippen LogP contribution is 2.16. The Hall–Kier alpha value is -1.84. The van der Waals surface area contributed by atoms with E-state index in [4.69, 9.17) is 10.8 Å². The number of rotatable bonds is 2. The summed E-state index contributed by atoms with van der Waals surface area (Å²) in [7, 11) is 0. The molecule has 0 bridgehead atoms. The summed E-state index contributed by atoms with van der Waals surface area (Å²) in [6.07, 6.45) is 2.48. The highest BCUT2D eigenvalue weighted by atomic mass is 19.1. The largest absolute Gasteiger partial charge is 0.505 e. The number of carbonyl (C=O) groups is 1. The number of amides is 1. The van der Waals surface area contributed by atoms with E-state index in [2.05, 4.69) is 0 Å². The monoisotopic (exact) mass is 181 g/mol. The second-order valence-electron chi connectivity index (χ2n) is 2.45. The summed E-state index contributed by atoms with van der Waals surface area (Å²) in [6.45, 7) is 0. The van der Waals surface area contributed by atoms with Gasteiger partial charge in [0, 0.05) is 6.08 Å². The SMILES string of the molecule is NC(=O)/C=C\c1ccc(O)c(F)c1. The van der Waals surface area contributed by atoms with Crippen LogP contribution < -0.4 is 5.73 Å². The van der Waals surface area contributed by atoms with Crippen molar-refractivity contribution in [3.8, 4) is 5.75 Å².